The number of carbonyl (C=O) groups excluding carboxylic acids is 1. The zero-order valence-electron chi connectivity index (χ0n) is 14.4. The van der Waals surface area contributed by atoms with E-state index in [2.05, 4.69) is 16.0 Å². The van der Waals surface area contributed by atoms with Gasteiger partial charge in [0.1, 0.15) is 5.82 Å². The van der Waals surface area contributed by atoms with Gasteiger partial charge in [-0.1, -0.05) is 26.8 Å². The second-order valence-electron chi connectivity index (χ2n) is 7.71. The minimum atomic E-state index is -0.0588. The van der Waals surface area contributed by atoms with Crippen LogP contribution in [0.4, 0.5) is 5.82 Å². The van der Waals surface area contributed by atoms with E-state index in [-0.39, 0.29) is 11.3 Å². The fourth-order valence-electron chi connectivity index (χ4n) is 2.94. The molecule has 1 fully saturated rings. The number of anilines is 1. The Hall–Kier alpha value is -2.32. The van der Waals surface area contributed by atoms with Crippen LogP contribution in [0.25, 0.3) is 10.9 Å². The van der Waals surface area contributed by atoms with Crippen molar-refractivity contribution < 1.29 is 9.53 Å². The van der Waals surface area contributed by atoms with Crippen molar-refractivity contribution in [1.82, 2.24) is 4.57 Å². The zero-order valence-corrected chi connectivity index (χ0v) is 14.4. The van der Waals surface area contributed by atoms with Crippen LogP contribution in [0.1, 0.15) is 32.8 Å². The first-order valence-corrected chi connectivity index (χ1v) is 8.27. The molecule has 0 aliphatic carbocycles. The molecule has 5 heteroatoms. The third kappa shape index (κ3) is 3.60. The summed E-state index contributed by atoms with van der Waals surface area (Å²) < 4.78 is 7.38. The van der Waals surface area contributed by atoms with Crippen LogP contribution in [0.15, 0.2) is 24.3 Å². The molecule has 1 saturated heterocycles. The first-order chi connectivity index (χ1) is 11.4. The van der Waals surface area contributed by atoms with E-state index in [0.717, 1.165) is 36.5 Å². The molecule has 0 atom stereocenters. The van der Waals surface area contributed by atoms with E-state index in [0.29, 0.717) is 17.9 Å². The maximum Gasteiger partial charge on any atom is 0.226 e. The van der Waals surface area contributed by atoms with Crippen molar-refractivity contribution in [2.24, 2.45) is 11.3 Å². The molecule has 1 amide bonds. The summed E-state index contributed by atoms with van der Waals surface area (Å²) in [6.07, 6.45) is 0.463. The predicted octanol–water partition coefficient (Wildman–Crippen LogP) is 3.53. The van der Waals surface area contributed by atoms with E-state index in [1.807, 2.05) is 39.0 Å². The average Bonchev–Trinajstić information content (AvgIpc) is 2.76. The highest BCUT2D eigenvalue weighted by atomic mass is 16.5. The van der Waals surface area contributed by atoms with Gasteiger partial charge in [-0.25, -0.2) is 0 Å². The lowest BCUT2D eigenvalue weighted by Crippen LogP contribution is -2.32. The van der Waals surface area contributed by atoms with Gasteiger partial charge in [-0.3, -0.25) is 4.79 Å². The zero-order chi connectivity index (χ0) is 17.3. The highest BCUT2D eigenvalue weighted by molar-refractivity contribution is 5.95. The number of nitrogens with zero attached hydrogens (tertiary/aromatic N) is 2. The second-order valence-corrected chi connectivity index (χ2v) is 7.71. The molecule has 1 aliphatic rings. The standard InChI is InChI=1S/C19H23N3O2/c1-19(2,3)8-18(23)21-17-7-15-5-4-13(9-20)6-16(15)22(17)10-14-11-24-12-14/h4-7,14H,8,10-12H2,1-3H3,(H,21,23). The van der Waals surface area contributed by atoms with Gasteiger partial charge in [-0.2, -0.15) is 5.26 Å². The number of hydrogen-bond acceptors (Lipinski definition) is 3. The molecular weight excluding hydrogens is 302 g/mol. The number of rotatable bonds is 4. The van der Waals surface area contributed by atoms with Crippen molar-refractivity contribution >= 4 is 22.6 Å². The lowest BCUT2D eigenvalue weighted by atomic mass is 9.92. The largest absolute Gasteiger partial charge is 0.381 e. The summed E-state index contributed by atoms with van der Waals surface area (Å²) in [6, 6.07) is 9.79. The second kappa shape index (κ2) is 6.29. The number of nitriles is 1. The first kappa shape index (κ1) is 16.5. The summed E-state index contributed by atoms with van der Waals surface area (Å²) in [7, 11) is 0. The van der Waals surface area contributed by atoms with Gasteiger partial charge in [0.2, 0.25) is 5.91 Å². The third-order valence-electron chi connectivity index (χ3n) is 4.14. The molecule has 0 spiro atoms. The molecule has 0 saturated carbocycles. The number of benzene rings is 1. The Morgan fingerprint density at radius 2 is 2.12 bits per heavy atom. The van der Waals surface area contributed by atoms with Crippen molar-refractivity contribution in [2.45, 2.75) is 33.7 Å². The summed E-state index contributed by atoms with van der Waals surface area (Å²) in [6.45, 7) is 8.41. The van der Waals surface area contributed by atoms with Gasteiger partial charge >= 0.3 is 0 Å². The predicted molar refractivity (Wildman–Crippen MR) is 93.7 cm³/mol. The fraction of sp³-hybridized carbons (Fsp3) is 0.474. The number of nitrogens with one attached hydrogen (secondary N) is 1. The van der Waals surface area contributed by atoms with Crippen molar-refractivity contribution in [2.75, 3.05) is 18.5 Å². The normalized spacial score (nSPS) is 15.1. The Bertz CT molecular complexity index is 804. The summed E-state index contributed by atoms with van der Waals surface area (Å²) in [4.78, 5) is 12.3. The lowest BCUT2D eigenvalue weighted by Gasteiger charge is -2.27. The van der Waals surface area contributed by atoms with Gasteiger partial charge in [0.25, 0.3) is 0 Å². The molecule has 2 heterocycles. The Kier molecular flexibility index (Phi) is 4.33. The number of fused-ring (bicyclic) bond motifs is 1. The third-order valence-corrected chi connectivity index (χ3v) is 4.14. The minimum Gasteiger partial charge on any atom is -0.381 e. The Labute approximate surface area is 142 Å². The Morgan fingerprint density at radius 3 is 2.71 bits per heavy atom. The maximum absolute atomic E-state index is 12.3. The van der Waals surface area contributed by atoms with Gasteiger partial charge in [-0.15, -0.1) is 0 Å². The molecule has 5 nitrogen and oxygen atoms in total. The fourth-order valence-corrected chi connectivity index (χ4v) is 2.94. The first-order valence-electron chi connectivity index (χ1n) is 8.27. The molecule has 126 valence electrons. The van der Waals surface area contributed by atoms with Crippen LogP contribution in [-0.2, 0) is 16.1 Å². The van der Waals surface area contributed by atoms with E-state index in [1.54, 1.807) is 6.07 Å². The van der Waals surface area contributed by atoms with Gasteiger partial charge < -0.3 is 14.6 Å². The molecule has 0 bridgehead atoms. The monoisotopic (exact) mass is 325 g/mol. The van der Waals surface area contributed by atoms with Gasteiger partial charge in [0.15, 0.2) is 0 Å². The van der Waals surface area contributed by atoms with Crippen LogP contribution < -0.4 is 5.32 Å². The van der Waals surface area contributed by atoms with E-state index >= 15 is 0 Å². The molecule has 1 aliphatic heterocycles. The van der Waals surface area contributed by atoms with Crippen molar-refractivity contribution in [3.05, 3.63) is 29.8 Å². The van der Waals surface area contributed by atoms with E-state index in [4.69, 9.17) is 10.00 Å². The van der Waals surface area contributed by atoms with Crippen molar-refractivity contribution in [3.63, 3.8) is 0 Å². The molecule has 1 aromatic heterocycles. The molecule has 2 aromatic rings. The summed E-state index contributed by atoms with van der Waals surface area (Å²) in [5, 5.41) is 13.2. The van der Waals surface area contributed by atoms with Crippen molar-refractivity contribution in [1.29, 1.82) is 5.26 Å². The highest BCUT2D eigenvalue weighted by Gasteiger charge is 2.23. The smallest absolute Gasteiger partial charge is 0.226 e. The molecule has 0 radical (unpaired) electrons. The van der Waals surface area contributed by atoms with Crippen LogP contribution in [0, 0.1) is 22.7 Å². The highest BCUT2D eigenvalue weighted by Crippen LogP contribution is 2.28. The Balaban J connectivity index is 1.94. The topological polar surface area (TPSA) is 67.0 Å². The molecular formula is C19H23N3O2. The number of aromatic nitrogens is 1. The van der Waals surface area contributed by atoms with E-state index < -0.39 is 0 Å². The number of carbonyl (C=O) groups is 1. The molecule has 24 heavy (non-hydrogen) atoms. The van der Waals surface area contributed by atoms with E-state index in [9.17, 15) is 4.79 Å². The van der Waals surface area contributed by atoms with Crippen LogP contribution in [-0.4, -0.2) is 23.7 Å². The van der Waals surface area contributed by atoms with Gasteiger partial charge in [0, 0.05) is 24.3 Å². The summed E-state index contributed by atoms with van der Waals surface area (Å²) >= 11 is 0. The van der Waals surface area contributed by atoms with Gasteiger partial charge in [-0.05, 0) is 23.6 Å². The lowest BCUT2D eigenvalue weighted by molar-refractivity contribution is -0.117. The minimum absolute atomic E-state index is 0.0110. The molecule has 1 aromatic carbocycles. The van der Waals surface area contributed by atoms with Crippen LogP contribution in [0.5, 0.6) is 0 Å². The van der Waals surface area contributed by atoms with Crippen LogP contribution in [0.3, 0.4) is 0 Å². The summed E-state index contributed by atoms with van der Waals surface area (Å²) in [5.41, 5.74) is 1.54. The Morgan fingerprint density at radius 1 is 1.38 bits per heavy atom. The molecule has 3 rings (SSSR count). The quantitative estimate of drug-likeness (QED) is 0.935. The van der Waals surface area contributed by atoms with Crippen LogP contribution >= 0.6 is 0 Å². The number of amides is 1. The molecule has 0 unspecified atom stereocenters. The number of hydrogen-bond donors (Lipinski definition) is 1. The number of ether oxygens (including phenoxy) is 1. The summed E-state index contributed by atoms with van der Waals surface area (Å²) in [5.74, 6) is 1.25. The molecule has 1 N–H and O–H groups in total. The van der Waals surface area contributed by atoms with Gasteiger partial charge in [0.05, 0.1) is 30.4 Å². The SMILES string of the molecule is CC(C)(C)CC(=O)Nc1cc2ccc(C#N)cc2n1CC1COC1. The average molecular weight is 325 g/mol. The van der Waals surface area contributed by atoms with E-state index in [1.165, 1.54) is 0 Å². The van der Waals surface area contributed by atoms with Crippen LogP contribution in [0.2, 0.25) is 0 Å². The maximum atomic E-state index is 12.3. The van der Waals surface area contributed by atoms with Crippen molar-refractivity contribution in [3.8, 4) is 6.07 Å².